The fraction of sp³-hybridized carbons (Fsp3) is 0.350. The van der Waals surface area contributed by atoms with Crippen LogP contribution in [0, 0.1) is 13.8 Å². The highest BCUT2D eigenvalue weighted by molar-refractivity contribution is 7.98. The van der Waals surface area contributed by atoms with Gasteiger partial charge in [-0.05, 0) is 55.7 Å². The first kappa shape index (κ1) is 19.6. The predicted octanol–water partition coefficient (Wildman–Crippen LogP) is 3.29. The Balaban J connectivity index is 1.85. The standard InChI is InChI=1S/C20H22N2O3S2/c1-13-6-7-14(2)15(11-13)12-27-20-21-16-8-10-26-18(16)19(25)22(20)9-4-3-5-17(23)24/h6-8,10-11H,3-5,9,12H2,1-2H3,(H,23,24)/p-1. The zero-order valence-electron chi connectivity index (χ0n) is 15.4. The highest BCUT2D eigenvalue weighted by Gasteiger charge is 2.13. The summed E-state index contributed by atoms with van der Waals surface area (Å²) in [5, 5.41) is 13.2. The molecule has 27 heavy (non-hydrogen) atoms. The molecule has 0 bridgehead atoms. The molecule has 7 heteroatoms. The largest absolute Gasteiger partial charge is 0.550 e. The number of hydrogen-bond donors (Lipinski definition) is 0. The van der Waals surface area contributed by atoms with Gasteiger partial charge in [-0.1, -0.05) is 35.5 Å². The summed E-state index contributed by atoms with van der Waals surface area (Å²) in [6.07, 6.45) is 1.09. The number of nitrogens with zero attached hydrogens (tertiary/aromatic N) is 2. The summed E-state index contributed by atoms with van der Waals surface area (Å²) in [6, 6.07) is 8.22. The Bertz CT molecular complexity index is 1020. The number of thioether (sulfide) groups is 1. The number of carbonyl (C=O) groups excluding carboxylic acids is 1. The van der Waals surface area contributed by atoms with Crippen molar-refractivity contribution in [2.75, 3.05) is 0 Å². The summed E-state index contributed by atoms with van der Waals surface area (Å²) in [7, 11) is 0. The van der Waals surface area contributed by atoms with Crippen LogP contribution in [0.2, 0.25) is 0 Å². The number of carboxylic acid groups (broad SMARTS) is 1. The average molecular weight is 402 g/mol. The van der Waals surface area contributed by atoms with Crippen LogP contribution < -0.4 is 10.7 Å². The Hall–Kier alpha value is -2.12. The van der Waals surface area contributed by atoms with Crippen LogP contribution in [-0.4, -0.2) is 15.5 Å². The van der Waals surface area contributed by atoms with Gasteiger partial charge in [0.15, 0.2) is 5.16 Å². The number of thiophene rings is 1. The van der Waals surface area contributed by atoms with E-state index in [4.69, 9.17) is 0 Å². The third-order valence-corrected chi connectivity index (χ3v) is 6.32. The van der Waals surface area contributed by atoms with Crippen LogP contribution >= 0.6 is 23.1 Å². The van der Waals surface area contributed by atoms with Crippen LogP contribution in [0.15, 0.2) is 39.6 Å². The fourth-order valence-corrected chi connectivity index (χ4v) is 4.74. The highest BCUT2D eigenvalue weighted by atomic mass is 32.2. The first-order valence-corrected chi connectivity index (χ1v) is 10.7. The third kappa shape index (κ3) is 4.78. The van der Waals surface area contributed by atoms with Crippen LogP contribution in [0.4, 0.5) is 0 Å². The van der Waals surface area contributed by atoms with Crippen molar-refractivity contribution in [3.63, 3.8) is 0 Å². The summed E-state index contributed by atoms with van der Waals surface area (Å²) in [5.41, 5.74) is 4.32. The van der Waals surface area contributed by atoms with Gasteiger partial charge in [0, 0.05) is 18.3 Å². The molecule has 1 aromatic carbocycles. The summed E-state index contributed by atoms with van der Waals surface area (Å²) in [5.74, 6) is -0.326. The van der Waals surface area contributed by atoms with Gasteiger partial charge in [0.2, 0.25) is 0 Å². The summed E-state index contributed by atoms with van der Waals surface area (Å²) < 4.78 is 2.33. The monoisotopic (exact) mass is 401 g/mol. The summed E-state index contributed by atoms with van der Waals surface area (Å²) in [4.78, 5) is 28.2. The minimum absolute atomic E-state index is 0.00832. The fourth-order valence-electron chi connectivity index (χ4n) is 2.87. The van der Waals surface area contributed by atoms with Gasteiger partial charge >= 0.3 is 0 Å². The number of carbonyl (C=O) groups is 1. The smallest absolute Gasteiger partial charge is 0.272 e. The van der Waals surface area contributed by atoms with Crippen LogP contribution in [-0.2, 0) is 17.1 Å². The molecule has 5 nitrogen and oxygen atoms in total. The van der Waals surface area contributed by atoms with Crippen molar-refractivity contribution in [1.29, 1.82) is 0 Å². The number of benzene rings is 1. The molecule has 0 amide bonds. The van der Waals surface area contributed by atoms with E-state index in [1.165, 1.54) is 28.0 Å². The van der Waals surface area contributed by atoms with Crippen LogP contribution in [0.3, 0.4) is 0 Å². The van der Waals surface area contributed by atoms with Crippen molar-refractivity contribution in [2.24, 2.45) is 0 Å². The minimum Gasteiger partial charge on any atom is -0.550 e. The van der Waals surface area contributed by atoms with E-state index in [0.717, 1.165) is 11.3 Å². The van der Waals surface area contributed by atoms with E-state index >= 15 is 0 Å². The molecule has 3 rings (SSSR count). The molecule has 0 atom stereocenters. The second kappa shape index (κ2) is 8.71. The molecule has 0 N–H and O–H groups in total. The Morgan fingerprint density at radius 2 is 2.07 bits per heavy atom. The zero-order valence-corrected chi connectivity index (χ0v) is 17.0. The van der Waals surface area contributed by atoms with Crippen LogP contribution in [0.5, 0.6) is 0 Å². The average Bonchev–Trinajstić information content (AvgIpc) is 3.09. The van der Waals surface area contributed by atoms with E-state index in [-0.39, 0.29) is 12.0 Å². The van der Waals surface area contributed by atoms with E-state index in [9.17, 15) is 14.7 Å². The molecule has 0 saturated heterocycles. The van der Waals surface area contributed by atoms with E-state index in [0.29, 0.717) is 29.2 Å². The van der Waals surface area contributed by atoms with Gasteiger partial charge in [-0.15, -0.1) is 11.3 Å². The molecule has 3 aromatic rings. The van der Waals surface area contributed by atoms with E-state index in [2.05, 4.69) is 37.0 Å². The lowest BCUT2D eigenvalue weighted by atomic mass is 10.1. The van der Waals surface area contributed by atoms with Crippen molar-refractivity contribution in [3.8, 4) is 0 Å². The molecular weight excluding hydrogens is 380 g/mol. The normalized spacial score (nSPS) is 11.2. The summed E-state index contributed by atoms with van der Waals surface area (Å²) in [6.45, 7) is 4.61. The number of aryl methyl sites for hydroxylation is 2. The molecule has 0 unspecified atom stereocenters. The predicted molar refractivity (Wildman–Crippen MR) is 108 cm³/mol. The maximum Gasteiger partial charge on any atom is 0.272 e. The molecular formula is C20H21N2O3S2-. The minimum atomic E-state index is -1.06. The molecule has 0 radical (unpaired) electrons. The quantitative estimate of drug-likeness (QED) is 0.329. The van der Waals surface area contributed by atoms with Crippen LogP contribution in [0.1, 0.15) is 36.0 Å². The molecule has 0 spiro atoms. The second-order valence-corrected chi connectivity index (χ2v) is 8.39. The molecule has 0 aliphatic heterocycles. The Morgan fingerprint density at radius 1 is 1.26 bits per heavy atom. The number of aliphatic carboxylic acids is 1. The van der Waals surface area contributed by atoms with Gasteiger partial charge in [-0.25, -0.2) is 4.98 Å². The van der Waals surface area contributed by atoms with Crippen molar-refractivity contribution in [3.05, 3.63) is 56.7 Å². The van der Waals surface area contributed by atoms with Gasteiger partial charge in [0.1, 0.15) is 4.70 Å². The van der Waals surface area contributed by atoms with Gasteiger partial charge in [0.05, 0.1) is 5.52 Å². The number of fused-ring (bicyclic) bond motifs is 1. The lowest BCUT2D eigenvalue weighted by Gasteiger charge is -2.13. The third-order valence-electron chi connectivity index (χ3n) is 4.40. The molecule has 142 valence electrons. The Labute approximate surface area is 166 Å². The van der Waals surface area contributed by atoms with E-state index in [1.807, 2.05) is 11.4 Å². The first-order chi connectivity index (χ1) is 13.0. The molecule has 2 aromatic heterocycles. The molecule has 0 saturated carbocycles. The lowest BCUT2D eigenvalue weighted by Crippen LogP contribution is -2.24. The number of aromatic nitrogens is 2. The maximum absolute atomic E-state index is 12.9. The lowest BCUT2D eigenvalue weighted by molar-refractivity contribution is -0.305. The molecule has 0 fully saturated rings. The zero-order chi connectivity index (χ0) is 19.4. The highest BCUT2D eigenvalue weighted by Crippen LogP contribution is 2.26. The Morgan fingerprint density at radius 3 is 2.85 bits per heavy atom. The molecule has 0 aliphatic rings. The SMILES string of the molecule is Cc1ccc(C)c(CSc2nc3ccsc3c(=O)n2CCCCC(=O)[O-])c1. The van der Waals surface area contributed by atoms with Crippen LogP contribution in [0.25, 0.3) is 10.2 Å². The van der Waals surface area contributed by atoms with E-state index in [1.54, 1.807) is 16.3 Å². The maximum atomic E-state index is 12.9. The second-order valence-electron chi connectivity index (χ2n) is 6.53. The number of rotatable bonds is 8. The topological polar surface area (TPSA) is 75.0 Å². The van der Waals surface area contributed by atoms with Gasteiger partial charge < -0.3 is 9.90 Å². The van der Waals surface area contributed by atoms with Crippen molar-refractivity contribution in [1.82, 2.24) is 9.55 Å². The van der Waals surface area contributed by atoms with Crippen molar-refractivity contribution >= 4 is 39.3 Å². The first-order valence-electron chi connectivity index (χ1n) is 8.82. The number of unbranched alkanes of at least 4 members (excludes halogenated alkanes) is 1. The number of carboxylic acids is 1. The van der Waals surface area contributed by atoms with Gasteiger partial charge in [-0.2, -0.15) is 0 Å². The molecule has 0 aliphatic carbocycles. The van der Waals surface area contributed by atoms with Crippen molar-refractivity contribution < 1.29 is 9.90 Å². The Kier molecular flexibility index (Phi) is 6.34. The van der Waals surface area contributed by atoms with E-state index < -0.39 is 5.97 Å². The van der Waals surface area contributed by atoms with Gasteiger partial charge in [0.25, 0.3) is 5.56 Å². The summed E-state index contributed by atoms with van der Waals surface area (Å²) >= 11 is 2.94. The van der Waals surface area contributed by atoms with Gasteiger partial charge in [-0.3, -0.25) is 9.36 Å². The molecule has 2 heterocycles. The van der Waals surface area contributed by atoms with Crippen molar-refractivity contribution in [2.45, 2.75) is 50.6 Å². The number of hydrogen-bond acceptors (Lipinski definition) is 6.